The van der Waals surface area contributed by atoms with E-state index in [0.29, 0.717) is 6.42 Å². The van der Waals surface area contributed by atoms with Crippen LogP contribution in [0.25, 0.3) is 39.1 Å². The van der Waals surface area contributed by atoms with Crippen LogP contribution in [0.4, 0.5) is 0 Å². The molecule has 0 saturated carbocycles. The number of aliphatic hydroxyl groups excluding tert-OH is 1. The Morgan fingerprint density at radius 1 is 0.713 bits per heavy atom. The molecule has 0 fully saturated rings. The zero-order chi connectivity index (χ0) is 63.7. The Hall–Kier alpha value is -11.2. The lowest BCUT2D eigenvalue weighted by atomic mass is 10.1. The van der Waals surface area contributed by atoms with E-state index in [4.69, 9.17) is 23.7 Å². The first-order chi connectivity index (χ1) is 41.2. The van der Waals surface area contributed by atoms with Gasteiger partial charge in [-0.25, -0.2) is 29.9 Å². The summed E-state index contributed by atoms with van der Waals surface area (Å²) in [6.45, 7) is 25.0. The van der Waals surface area contributed by atoms with Crippen molar-refractivity contribution in [3.8, 4) is 22.0 Å². The average Bonchev–Trinajstić information content (AvgIpc) is 2.86. The molecule has 0 aromatic carbocycles. The third-order valence-electron chi connectivity index (χ3n) is 11.8. The van der Waals surface area contributed by atoms with Gasteiger partial charge in [0.2, 0.25) is 23.6 Å². The van der Waals surface area contributed by atoms with Crippen LogP contribution in [-0.4, -0.2) is 113 Å². The van der Waals surface area contributed by atoms with Crippen molar-refractivity contribution in [1.29, 1.82) is 0 Å². The molecule has 0 spiro atoms. The Bertz CT molecular complexity index is 3990. The molecule has 7 rings (SSSR count). The number of hydrogen-bond donors (Lipinski definition) is 11. The van der Waals surface area contributed by atoms with Crippen molar-refractivity contribution >= 4 is 98.8 Å². The summed E-state index contributed by atoms with van der Waals surface area (Å²) in [5.41, 5.74) is 1.07. The summed E-state index contributed by atoms with van der Waals surface area (Å²) < 4.78 is 22.8. The summed E-state index contributed by atoms with van der Waals surface area (Å²) in [6.07, 6.45) is 1.55. The minimum Gasteiger partial charge on any atom is -0.443 e. The fourth-order valence-electron chi connectivity index (χ4n) is 7.32. The monoisotopic (exact) mass is 1230 g/mol. The predicted octanol–water partition coefficient (Wildman–Crippen LogP) is 2.15. The largest absolute Gasteiger partial charge is 0.443 e. The molecule has 3 atom stereocenters. The van der Waals surface area contributed by atoms with Crippen LogP contribution in [0.15, 0.2) is 110 Å². The van der Waals surface area contributed by atoms with E-state index in [-0.39, 0.29) is 102 Å². The quantitative estimate of drug-likeness (QED) is 0.0875. The van der Waals surface area contributed by atoms with Crippen molar-refractivity contribution in [3.05, 3.63) is 160 Å². The van der Waals surface area contributed by atoms with Gasteiger partial charge in [-0.1, -0.05) is 52.0 Å². The molecule has 0 radical (unpaired) electrons. The fourth-order valence-corrected chi connectivity index (χ4v) is 8.97. The molecule has 12 N–H and O–H groups in total. The molecule has 450 valence electrons. The predicted molar refractivity (Wildman–Crippen MR) is 307 cm³/mol. The number of rotatable bonds is 10. The molecule has 6 aromatic rings. The van der Waals surface area contributed by atoms with E-state index in [9.17, 15) is 53.1 Å². The molecule has 33 heteroatoms. The maximum atomic E-state index is 14.0. The Morgan fingerprint density at radius 2 is 1.32 bits per heavy atom. The maximum Gasteiger partial charge on any atom is 0.278 e. The van der Waals surface area contributed by atoms with Crippen molar-refractivity contribution in [2.45, 2.75) is 59.4 Å². The first-order valence-corrected chi connectivity index (χ1v) is 26.9. The van der Waals surface area contributed by atoms with E-state index in [1.807, 2.05) is 5.32 Å². The number of nitrogens with zero attached hydrogens (tertiary/aromatic N) is 6. The standard InChI is InChI=1S/C54H52N16O15S2/c1-12-14-31-51-69-37(27(10)85-51)48(81)70-52(82-11)54-66-33(19-87-54)44(77)62-29(13-2)50-68-36(26(9)84-50)47(80)59-23(6)42(75)60-24(7)49-64-32(17-83-49)38-28(53-65-34(18-86-53)45(78)67-35(25(8)71)46(79)63-31)15-16-30(61-38)43(76)58-22(5)41(74)57-21(4)40(73)56-20(3)39(55)72/h13-19,25,35,52,71H,3-7,12H2,1-2,8-11H3,(H2,55,72)(H,56,73)(H,57,74)(H,58,76)(H,59,80)(H,60,75)(H,62,77)(H,63,79)(H,67,78)(H,70,81). The van der Waals surface area contributed by atoms with Gasteiger partial charge in [0.1, 0.15) is 73.7 Å². The number of nitrogens with two attached hydrogens (primary N) is 1. The van der Waals surface area contributed by atoms with Crippen LogP contribution in [-0.2, 0) is 28.7 Å². The van der Waals surface area contributed by atoms with Crippen LogP contribution in [0.1, 0.15) is 120 Å². The molecule has 87 heavy (non-hydrogen) atoms. The van der Waals surface area contributed by atoms with Gasteiger partial charge >= 0.3 is 0 Å². The number of oxazole rings is 3. The van der Waals surface area contributed by atoms with Crippen LogP contribution in [0.3, 0.4) is 0 Å². The van der Waals surface area contributed by atoms with Gasteiger partial charge in [0.05, 0.1) is 34.6 Å². The zero-order valence-corrected chi connectivity index (χ0v) is 48.4. The van der Waals surface area contributed by atoms with E-state index >= 15 is 0 Å². The number of aliphatic hydroxyl groups is 1. The summed E-state index contributed by atoms with van der Waals surface area (Å²) >= 11 is 1.86. The summed E-state index contributed by atoms with van der Waals surface area (Å²) in [7, 11) is 1.28. The topological polar surface area (TPSA) is 451 Å². The Morgan fingerprint density at radius 3 is 1.95 bits per heavy atom. The summed E-state index contributed by atoms with van der Waals surface area (Å²) in [6, 6.07) is 0.899. The van der Waals surface area contributed by atoms with Gasteiger partial charge in [-0.2, -0.15) is 0 Å². The number of carbonyl (C=O) groups is 10. The molecule has 1 aliphatic rings. The molecular weight excluding hydrogens is 1180 g/mol. The van der Waals surface area contributed by atoms with E-state index in [1.54, 1.807) is 13.8 Å². The summed E-state index contributed by atoms with van der Waals surface area (Å²) in [4.78, 5) is 159. The first-order valence-electron chi connectivity index (χ1n) is 25.2. The van der Waals surface area contributed by atoms with Crippen molar-refractivity contribution in [1.82, 2.24) is 77.8 Å². The molecule has 3 unspecified atom stereocenters. The van der Waals surface area contributed by atoms with Gasteiger partial charge in [0.25, 0.3) is 53.2 Å². The highest BCUT2D eigenvalue weighted by Crippen LogP contribution is 2.34. The number of carbonyl (C=O) groups excluding carboxylic acids is 10. The fraction of sp³-hybridized carbons (Fsp3) is 0.185. The third kappa shape index (κ3) is 14.8. The van der Waals surface area contributed by atoms with Crippen LogP contribution in [0.2, 0.25) is 0 Å². The lowest BCUT2D eigenvalue weighted by Gasteiger charge is -2.20. The van der Waals surface area contributed by atoms with Crippen LogP contribution in [0.5, 0.6) is 0 Å². The number of ether oxygens (including phenoxy) is 1. The second-order valence-electron chi connectivity index (χ2n) is 18.1. The van der Waals surface area contributed by atoms with Gasteiger partial charge in [-0.15, -0.1) is 22.7 Å². The maximum absolute atomic E-state index is 14.0. The third-order valence-corrected chi connectivity index (χ3v) is 13.5. The van der Waals surface area contributed by atoms with Crippen molar-refractivity contribution in [3.63, 3.8) is 0 Å². The SMILES string of the molecule is C=C(NC(=O)C(=C)NC(=O)C(=C)NC(=O)c1ccc2c(n1)-c1coc(n1)C(=C)NC(=O)C(=C)NC(=O)c1nc(oc1C)C(=CC)NC(=O)c1csc(n1)C(OC)NC(=O)c1nc(oc1C)C(=CCC)NC(=O)C(C(C)O)NC(=O)c1csc-2n1)C(N)=O. The molecular formula is C54H52N16O15S2. The number of allylic oxidation sites excluding steroid dienone is 2. The van der Waals surface area contributed by atoms with Crippen LogP contribution >= 0.6 is 22.7 Å². The number of methoxy groups -OCH3 is 1. The van der Waals surface area contributed by atoms with Crippen LogP contribution < -0.4 is 53.6 Å². The lowest BCUT2D eigenvalue weighted by Crippen LogP contribution is -2.52. The highest BCUT2D eigenvalue weighted by molar-refractivity contribution is 7.13. The number of aromatic nitrogens is 6. The Balaban J connectivity index is 1.22. The number of hydrogen-bond acceptors (Lipinski definition) is 23. The Kier molecular flexibility index (Phi) is 19.7. The van der Waals surface area contributed by atoms with E-state index in [2.05, 4.69) is 105 Å². The number of pyridine rings is 1. The smallest absolute Gasteiger partial charge is 0.278 e. The lowest BCUT2D eigenvalue weighted by molar-refractivity contribution is -0.124. The molecule has 7 heterocycles. The van der Waals surface area contributed by atoms with E-state index in [1.165, 1.54) is 62.9 Å². The van der Waals surface area contributed by atoms with E-state index < -0.39 is 100 Å². The minimum absolute atomic E-state index is 0.00747. The summed E-state index contributed by atoms with van der Waals surface area (Å²) in [5, 5.41) is 35.2. The molecule has 10 bridgehead atoms. The van der Waals surface area contributed by atoms with Gasteiger partial charge in [-0.05, 0) is 46.2 Å². The first kappa shape index (κ1) is 63.4. The normalized spacial score (nSPS) is 16.7. The zero-order valence-electron chi connectivity index (χ0n) is 46.8. The average molecular weight is 1230 g/mol. The Labute approximate surface area is 499 Å². The second-order valence-corrected chi connectivity index (χ2v) is 19.8. The summed E-state index contributed by atoms with van der Waals surface area (Å²) in [5.74, 6) is -10.5. The molecule has 1 aliphatic heterocycles. The molecule has 0 saturated heterocycles. The number of thiazole rings is 2. The minimum atomic E-state index is -1.65. The molecule has 31 nitrogen and oxygen atoms in total. The molecule has 6 aromatic heterocycles. The highest BCUT2D eigenvalue weighted by atomic mass is 32.1. The van der Waals surface area contributed by atoms with Crippen molar-refractivity contribution in [2.75, 3.05) is 7.11 Å². The van der Waals surface area contributed by atoms with Crippen LogP contribution in [0, 0.1) is 13.8 Å². The van der Waals surface area contributed by atoms with Crippen molar-refractivity contribution in [2.24, 2.45) is 5.73 Å². The molecule has 10 amide bonds. The van der Waals surface area contributed by atoms with Gasteiger partial charge in [0, 0.05) is 23.4 Å². The van der Waals surface area contributed by atoms with Gasteiger partial charge in [-0.3, -0.25) is 47.9 Å². The number of nitrogens with one attached hydrogen (secondary N) is 9. The number of aryl methyl sites for hydroxylation is 2. The number of fused-ring (bicyclic) bond motifs is 13. The molecule has 0 aliphatic carbocycles. The van der Waals surface area contributed by atoms with Gasteiger partial charge in [0.15, 0.2) is 17.6 Å². The van der Waals surface area contributed by atoms with E-state index in [0.717, 1.165) is 28.9 Å². The number of primary amides is 1. The van der Waals surface area contributed by atoms with Gasteiger partial charge < -0.3 is 76.7 Å². The number of amides is 10. The van der Waals surface area contributed by atoms with Crippen molar-refractivity contribution < 1.29 is 71.0 Å². The highest BCUT2D eigenvalue weighted by Gasteiger charge is 2.32. The second kappa shape index (κ2) is 27.0.